The SMILES string of the molecule is CC(C)(C)CC(C)(C)C.CC(C)(C)CC(C)(C)F.CC(C)(C)CC(F)F.CC(C)(C)CC1(C)COC1.CC(C)(C)CC1(F)CC1.CC(C)CC(C)(C)C.CCC(C)(F)CC(C)(C)C.CCC(F)(F)CC(C)(C)C.CCC(F)(F)CC(C)(C)C.CCC(F)CC(C)(C)C. The van der Waals surface area contributed by atoms with Gasteiger partial charge in [0, 0.05) is 37.5 Å². The van der Waals surface area contributed by atoms with Crippen LogP contribution in [0.5, 0.6) is 0 Å². The summed E-state index contributed by atoms with van der Waals surface area (Å²) in [5.41, 5.74) is -0.540. The van der Waals surface area contributed by atoms with Crippen LogP contribution in [-0.2, 0) is 4.74 Å². The molecule has 2 aliphatic rings. The maximum absolute atomic E-state index is 13.3. The number of alkyl halides is 10. The van der Waals surface area contributed by atoms with Crippen molar-refractivity contribution in [3.05, 3.63) is 0 Å². The summed E-state index contributed by atoms with van der Waals surface area (Å²) >= 11 is 0. The van der Waals surface area contributed by atoms with Crippen molar-refractivity contribution in [1.82, 2.24) is 0 Å². The monoisotopic (exact) mass is 1350 g/mol. The van der Waals surface area contributed by atoms with Crippen LogP contribution in [0.15, 0.2) is 0 Å². The second-order valence-electron chi connectivity index (χ2n) is 42.7. The van der Waals surface area contributed by atoms with Gasteiger partial charge in [0.2, 0.25) is 18.3 Å². The highest BCUT2D eigenvalue weighted by Gasteiger charge is 2.45. The van der Waals surface area contributed by atoms with Gasteiger partial charge >= 0.3 is 0 Å². The van der Waals surface area contributed by atoms with Crippen molar-refractivity contribution in [3.8, 4) is 0 Å². The third-order valence-electron chi connectivity index (χ3n) is 12.8. The average molecular weight is 1350 g/mol. The molecule has 1 heterocycles. The molecule has 0 spiro atoms. The molecule has 0 N–H and O–H groups in total. The van der Waals surface area contributed by atoms with Crippen LogP contribution in [0.2, 0.25) is 0 Å². The van der Waals surface area contributed by atoms with Gasteiger partial charge in [0.1, 0.15) is 23.2 Å². The van der Waals surface area contributed by atoms with Crippen LogP contribution in [0.3, 0.4) is 0 Å². The molecule has 1 saturated carbocycles. The van der Waals surface area contributed by atoms with E-state index in [1.807, 2.05) is 76.2 Å². The predicted octanol–water partition coefficient (Wildman–Crippen LogP) is 31.5. The van der Waals surface area contributed by atoms with Gasteiger partial charge in [0.05, 0.1) is 13.2 Å². The van der Waals surface area contributed by atoms with E-state index >= 15 is 0 Å². The van der Waals surface area contributed by atoms with Crippen molar-refractivity contribution in [3.63, 3.8) is 0 Å². The van der Waals surface area contributed by atoms with Crippen LogP contribution < -0.4 is 0 Å². The van der Waals surface area contributed by atoms with Crippen LogP contribution in [0.25, 0.3) is 0 Å². The molecule has 2 rings (SSSR count). The minimum atomic E-state index is -2.47. The fourth-order valence-corrected chi connectivity index (χ4v) is 11.5. The summed E-state index contributed by atoms with van der Waals surface area (Å²) < 4.78 is 131. The Morgan fingerprint density at radius 1 is 0.348 bits per heavy atom. The van der Waals surface area contributed by atoms with E-state index < -0.39 is 41.4 Å². The van der Waals surface area contributed by atoms with Crippen LogP contribution in [0.4, 0.5) is 43.9 Å². The average Bonchev–Trinajstić information content (AvgIpc) is 3.88. The van der Waals surface area contributed by atoms with Crippen molar-refractivity contribution < 1.29 is 48.6 Å². The van der Waals surface area contributed by atoms with Crippen LogP contribution in [0, 0.1) is 70.9 Å². The van der Waals surface area contributed by atoms with Gasteiger partial charge < -0.3 is 4.74 Å². The lowest BCUT2D eigenvalue weighted by Crippen LogP contribution is -2.42. The number of rotatable bonds is 13. The van der Waals surface area contributed by atoms with E-state index in [1.54, 1.807) is 41.5 Å². The molecule has 1 saturated heterocycles. The minimum Gasteiger partial charge on any atom is -0.380 e. The van der Waals surface area contributed by atoms with Crippen molar-refractivity contribution in [2.24, 2.45) is 70.9 Å². The van der Waals surface area contributed by atoms with Gasteiger partial charge in [-0.3, -0.25) is 0 Å². The molecule has 2 fully saturated rings. The third kappa shape index (κ3) is 108. The number of hydrogen-bond donors (Lipinski definition) is 0. The van der Waals surface area contributed by atoms with Crippen molar-refractivity contribution >= 4 is 0 Å². The molecule has 1 nitrogen and oxygen atoms in total. The Kier molecular flexibility index (Phi) is 50.2. The molecule has 0 aromatic carbocycles. The molecule has 11 heteroatoms. The highest BCUT2D eigenvalue weighted by molar-refractivity contribution is 4.96. The summed E-state index contributed by atoms with van der Waals surface area (Å²) in [7, 11) is 0. The second-order valence-corrected chi connectivity index (χ2v) is 42.7. The highest BCUT2D eigenvalue weighted by atomic mass is 19.3. The lowest BCUT2D eigenvalue weighted by molar-refractivity contribution is -0.119. The zero-order valence-corrected chi connectivity index (χ0v) is 70.1. The van der Waals surface area contributed by atoms with Gasteiger partial charge in [-0.1, -0.05) is 277 Å². The first kappa shape index (κ1) is 107. The Bertz CT molecular complexity index is 1530. The zero-order chi connectivity index (χ0) is 76.7. The maximum Gasteiger partial charge on any atom is 0.248 e. The fourth-order valence-electron chi connectivity index (χ4n) is 11.5. The zero-order valence-electron chi connectivity index (χ0n) is 70.1. The molecule has 568 valence electrons. The lowest BCUT2D eigenvalue weighted by atomic mass is 9.74. The van der Waals surface area contributed by atoms with E-state index in [4.69, 9.17) is 4.74 Å². The Balaban J connectivity index is -0.000000142. The van der Waals surface area contributed by atoms with E-state index in [-0.39, 0.29) is 70.0 Å². The summed E-state index contributed by atoms with van der Waals surface area (Å²) in [4.78, 5) is 0. The van der Waals surface area contributed by atoms with Crippen molar-refractivity contribution in [2.75, 3.05) is 13.2 Å². The number of hydrogen-bond acceptors (Lipinski definition) is 1. The summed E-state index contributed by atoms with van der Waals surface area (Å²) in [6.45, 7) is 89.2. The van der Waals surface area contributed by atoms with E-state index in [0.717, 1.165) is 38.4 Å². The Labute approximate surface area is 572 Å². The summed E-state index contributed by atoms with van der Waals surface area (Å²) in [5, 5.41) is 0. The van der Waals surface area contributed by atoms with Gasteiger partial charge in [-0.2, -0.15) is 0 Å². The van der Waals surface area contributed by atoms with Crippen LogP contribution >= 0.6 is 0 Å². The molecule has 2 unspecified atom stereocenters. The van der Waals surface area contributed by atoms with Crippen LogP contribution in [0.1, 0.15) is 400 Å². The van der Waals surface area contributed by atoms with Gasteiger partial charge in [-0.15, -0.1) is 0 Å². The molecular formula is C81H168F10O. The lowest BCUT2D eigenvalue weighted by Gasteiger charge is -2.42. The van der Waals surface area contributed by atoms with E-state index in [1.165, 1.54) is 33.1 Å². The number of ether oxygens (including phenoxy) is 1. The first-order chi connectivity index (χ1) is 39.3. The van der Waals surface area contributed by atoms with Crippen molar-refractivity contribution in [1.29, 1.82) is 0 Å². The smallest absolute Gasteiger partial charge is 0.248 e. The molecule has 2 atom stereocenters. The molecule has 0 bridgehead atoms. The molecule has 1 aliphatic carbocycles. The third-order valence-corrected chi connectivity index (χ3v) is 12.8. The number of halogens is 10. The predicted molar refractivity (Wildman–Crippen MR) is 394 cm³/mol. The molecule has 92 heavy (non-hydrogen) atoms. The van der Waals surface area contributed by atoms with Gasteiger partial charge in [0.15, 0.2) is 0 Å². The molecule has 0 amide bonds. The van der Waals surface area contributed by atoms with E-state index in [0.29, 0.717) is 59.2 Å². The second kappa shape index (κ2) is 43.0. The fraction of sp³-hybridized carbons (Fsp3) is 1.00. The summed E-state index contributed by atoms with van der Waals surface area (Å²) in [5.74, 6) is -4.11. The molecule has 1 aliphatic heterocycles. The molecule has 0 aromatic heterocycles. The largest absolute Gasteiger partial charge is 0.380 e. The van der Waals surface area contributed by atoms with Gasteiger partial charge in [-0.05, 0) is 157 Å². The Morgan fingerprint density at radius 2 is 0.630 bits per heavy atom. The van der Waals surface area contributed by atoms with E-state index in [2.05, 4.69) is 166 Å². The highest BCUT2D eigenvalue weighted by Crippen LogP contribution is 2.48. The maximum atomic E-state index is 13.3. The standard InChI is InChI=1S/C9H19F.C9H18O.C9H20.2C8H16F2.C8H15F.2C8H17F.C8H18.C6H12F2/c1-6-9(5,10)7-8(2,3)4;1-8(2,3)5-9(4)6-10-7-9;1-8(2,3)7-9(4,5)6;2*1-5-8(9,10)6-7(2,3)4;1-7(2,3)6-8(9)4-5-8;1-7(2,3)6-8(4,5)9;1-5-7(9)6-8(2,3)4;1-7(2)6-8(3,4)5;1-6(2,3)4-5(7)8/h6-7H2,1-5H3;5-7H2,1-4H3;7H2,1-6H3;2*5-6H2,1-4H3;4-6H2,1-3H3;6H2,1-5H3;7H,5-6H2,1-4H3;7H,6H2,1-5H3;5H,4H2,1-3H3. The first-order valence-corrected chi connectivity index (χ1v) is 35.7. The molecular weight excluding hydrogens is 1180 g/mol. The van der Waals surface area contributed by atoms with Crippen molar-refractivity contribution in [2.45, 2.75) is 442 Å². The Hall–Kier alpha value is -0.740. The quantitative estimate of drug-likeness (QED) is 0.167. The summed E-state index contributed by atoms with van der Waals surface area (Å²) in [6.07, 6.45) is 6.54. The Morgan fingerprint density at radius 3 is 0.685 bits per heavy atom. The normalized spacial score (nSPS) is 16.5. The van der Waals surface area contributed by atoms with Crippen LogP contribution in [-0.4, -0.2) is 54.7 Å². The minimum absolute atomic E-state index is 0.00694. The van der Waals surface area contributed by atoms with Gasteiger partial charge in [-0.25, -0.2) is 43.9 Å². The molecule has 0 aromatic rings. The molecule has 0 radical (unpaired) electrons. The van der Waals surface area contributed by atoms with E-state index in [9.17, 15) is 43.9 Å². The topological polar surface area (TPSA) is 9.23 Å². The first-order valence-electron chi connectivity index (χ1n) is 35.7. The summed E-state index contributed by atoms with van der Waals surface area (Å²) in [6, 6.07) is 0. The van der Waals surface area contributed by atoms with Gasteiger partial charge in [0.25, 0.3) is 0 Å².